The Kier molecular flexibility index (Phi) is 4.62. The Bertz CT molecular complexity index is 106. The maximum atomic E-state index is 5.44. The average molecular weight is 170 g/mol. The SMILES string of the molecule is CC(NN)C1CCCCCCC1. The molecule has 0 radical (unpaired) electrons. The van der Waals surface area contributed by atoms with Crippen molar-refractivity contribution in [2.24, 2.45) is 11.8 Å². The Balaban J connectivity index is 2.29. The molecule has 1 atom stereocenters. The van der Waals surface area contributed by atoms with Gasteiger partial charge in [0.25, 0.3) is 0 Å². The molecule has 2 nitrogen and oxygen atoms in total. The number of hydrogen-bond donors (Lipinski definition) is 2. The molecule has 0 bridgehead atoms. The standard InChI is InChI=1S/C10H22N2/c1-9(12-11)10-7-5-3-2-4-6-8-10/h9-10,12H,2-8,11H2,1H3. The second kappa shape index (κ2) is 5.55. The summed E-state index contributed by atoms with van der Waals surface area (Å²) < 4.78 is 0. The molecule has 0 saturated heterocycles. The van der Waals surface area contributed by atoms with Gasteiger partial charge in [0.15, 0.2) is 0 Å². The Morgan fingerprint density at radius 3 is 2.08 bits per heavy atom. The quantitative estimate of drug-likeness (QED) is 0.492. The average Bonchev–Trinajstić information content (AvgIpc) is 2.02. The molecule has 0 aromatic heterocycles. The van der Waals surface area contributed by atoms with Crippen molar-refractivity contribution >= 4 is 0 Å². The molecule has 3 N–H and O–H groups in total. The summed E-state index contributed by atoms with van der Waals surface area (Å²) in [5.41, 5.74) is 2.88. The summed E-state index contributed by atoms with van der Waals surface area (Å²) in [6.45, 7) is 2.20. The number of hydrogen-bond acceptors (Lipinski definition) is 2. The predicted molar refractivity (Wildman–Crippen MR) is 52.6 cm³/mol. The molecule has 12 heavy (non-hydrogen) atoms. The summed E-state index contributed by atoms with van der Waals surface area (Å²) in [7, 11) is 0. The molecule has 0 amide bonds. The van der Waals surface area contributed by atoms with E-state index < -0.39 is 0 Å². The van der Waals surface area contributed by atoms with E-state index in [0.717, 1.165) is 5.92 Å². The van der Waals surface area contributed by atoms with E-state index in [-0.39, 0.29) is 0 Å². The molecular formula is C10H22N2. The monoisotopic (exact) mass is 170 g/mol. The van der Waals surface area contributed by atoms with Crippen LogP contribution in [0, 0.1) is 5.92 Å². The van der Waals surface area contributed by atoms with E-state index in [1.54, 1.807) is 0 Å². The number of nitrogens with two attached hydrogens (primary N) is 1. The van der Waals surface area contributed by atoms with Crippen LogP contribution in [0.25, 0.3) is 0 Å². The fourth-order valence-electron chi connectivity index (χ4n) is 2.12. The van der Waals surface area contributed by atoms with Gasteiger partial charge in [0, 0.05) is 6.04 Å². The van der Waals surface area contributed by atoms with E-state index in [1.807, 2.05) is 0 Å². The minimum Gasteiger partial charge on any atom is -0.271 e. The van der Waals surface area contributed by atoms with Gasteiger partial charge >= 0.3 is 0 Å². The van der Waals surface area contributed by atoms with Crippen LogP contribution in [0.5, 0.6) is 0 Å². The van der Waals surface area contributed by atoms with E-state index in [9.17, 15) is 0 Å². The van der Waals surface area contributed by atoms with Crippen LogP contribution in [0.1, 0.15) is 51.9 Å². The number of hydrazine groups is 1. The normalized spacial score (nSPS) is 24.5. The van der Waals surface area contributed by atoms with Gasteiger partial charge in [-0.15, -0.1) is 0 Å². The van der Waals surface area contributed by atoms with E-state index in [1.165, 1.54) is 44.9 Å². The molecule has 1 saturated carbocycles. The summed E-state index contributed by atoms with van der Waals surface area (Å²) >= 11 is 0. The van der Waals surface area contributed by atoms with Gasteiger partial charge in [-0.3, -0.25) is 11.3 Å². The lowest BCUT2D eigenvalue weighted by atomic mass is 9.87. The molecule has 0 spiro atoms. The lowest BCUT2D eigenvalue weighted by Crippen LogP contribution is -2.38. The molecule has 1 rings (SSSR count). The lowest BCUT2D eigenvalue weighted by Gasteiger charge is -2.25. The fraction of sp³-hybridized carbons (Fsp3) is 1.00. The van der Waals surface area contributed by atoms with Gasteiger partial charge in [0.1, 0.15) is 0 Å². The van der Waals surface area contributed by atoms with Gasteiger partial charge < -0.3 is 0 Å². The van der Waals surface area contributed by atoms with Gasteiger partial charge in [0.05, 0.1) is 0 Å². The van der Waals surface area contributed by atoms with Crippen molar-refractivity contribution in [3.63, 3.8) is 0 Å². The Hall–Kier alpha value is -0.0800. The topological polar surface area (TPSA) is 38.0 Å². The largest absolute Gasteiger partial charge is 0.271 e. The summed E-state index contributed by atoms with van der Waals surface area (Å²) in [5.74, 6) is 6.26. The van der Waals surface area contributed by atoms with Crippen molar-refractivity contribution in [2.45, 2.75) is 57.9 Å². The molecule has 1 unspecified atom stereocenters. The highest BCUT2D eigenvalue weighted by Crippen LogP contribution is 2.24. The number of rotatable bonds is 2. The molecule has 0 heterocycles. The van der Waals surface area contributed by atoms with Crippen molar-refractivity contribution in [1.29, 1.82) is 0 Å². The van der Waals surface area contributed by atoms with Crippen molar-refractivity contribution in [1.82, 2.24) is 5.43 Å². The zero-order chi connectivity index (χ0) is 8.81. The van der Waals surface area contributed by atoms with Crippen LogP contribution in [0.2, 0.25) is 0 Å². The van der Waals surface area contributed by atoms with Gasteiger partial charge in [-0.2, -0.15) is 0 Å². The summed E-state index contributed by atoms with van der Waals surface area (Å²) in [6, 6.07) is 0.503. The molecule has 1 aliphatic rings. The van der Waals surface area contributed by atoms with E-state index >= 15 is 0 Å². The molecular weight excluding hydrogens is 148 g/mol. The van der Waals surface area contributed by atoms with Crippen LogP contribution in [0.4, 0.5) is 0 Å². The first-order valence-corrected chi connectivity index (χ1v) is 5.30. The first-order valence-electron chi connectivity index (χ1n) is 5.30. The summed E-state index contributed by atoms with van der Waals surface area (Å²) in [4.78, 5) is 0. The first kappa shape index (κ1) is 10.0. The van der Waals surface area contributed by atoms with Crippen molar-refractivity contribution in [3.8, 4) is 0 Å². The third-order valence-corrected chi connectivity index (χ3v) is 3.12. The second-order valence-electron chi connectivity index (χ2n) is 4.06. The third kappa shape index (κ3) is 3.11. The highest BCUT2D eigenvalue weighted by Gasteiger charge is 2.16. The van der Waals surface area contributed by atoms with Crippen LogP contribution >= 0.6 is 0 Å². The lowest BCUT2D eigenvalue weighted by molar-refractivity contribution is 0.301. The first-order chi connectivity index (χ1) is 5.84. The van der Waals surface area contributed by atoms with Crippen molar-refractivity contribution in [3.05, 3.63) is 0 Å². The maximum absolute atomic E-state index is 5.44. The Morgan fingerprint density at radius 2 is 1.58 bits per heavy atom. The minimum atomic E-state index is 0.503. The number of nitrogens with one attached hydrogen (secondary N) is 1. The van der Waals surface area contributed by atoms with Gasteiger partial charge in [0.2, 0.25) is 0 Å². The van der Waals surface area contributed by atoms with Gasteiger partial charge in [-0.05, 0) is 25.7 Å². The van der Waals surface area contributed by atoms with Crippen molar-refractivity contribution < 1.29 is 0 Å². The molecule has 1 aliphatic carbocycles. The van der Waals surface area contributed by atoms with Crippen LogP contribution in [0.15, 0.2) is 0 Å². The van der Waals surface area contributed by atoms with Crippen LogP contribution < -0.4 is 11.3 Å². The van der Waals surface area contributed by atoms with E-state index in [0.29, 0.717) is 6.04 Å². The molecule has 0 aromatic rings. The molecule has 72 valence electrons. The Labute approximate surface area is 75.9 Å². The van der Waals surface area contributed by atoms with Crippen LogP contribution in [-0.2, 0) is 0 Å². The molecule has 2 heteroatoms. The third-order valence-electron chi connectivity index (χ3n) is 3.12. The molecule has 0 aromatic carbocycles. The van der Waals surface area contributed by atoms with Crippen LogP contribution in [-0.4, -0.2) is 6.04 Å². The second-order valence-corrected chi connectivity index (χ2v) is 4.06. The zero-order valence-corrected chi connectivity index (χ0v) is 8.18. The molecule has 0 aliphatic heterocycles. The highest BCUT2D eigenvalue weighted by molar-refractivity contribution is 4.71. The highest BCUT2D eigenvalue weighted by atomic mass is 15.2. The van der Waals surface area contributed by atoms with Crippen molar-refractivity contribution in [2.75, 3.05) is 0 Å². The minimum absolute atomic E-state index is 0.503. The fourth-order valence-corrected chi connectivity index (χ4v) is 2.12. The summed E-state index contributed by atoms with van der Waals surface area (Å²) in [5, 5.41) is 0. The maximum Gasteiger partial charge on any atom is 0.0210 e. The van der Waals surface area contributed by atoms with E-state index in [4.69, 9.17) is 5.84 Å². The zero-order valence-electron chi connectivity index (χ0n) is 8.18. The predicted octanol–water partition coefficient (Wildman–Crippen LogP) is 2.20. The summed E-state index contributed by atoms with van der Waals surface area (Å²) in [6.07, 6.45) is 9.82. The van der Waals surface area contributed by atoms with Gasteiger partial charge in [-0.1, -0.05) is 32.1 Å². The van der Waals surface area contributed by atoms with E-state index in [2.05, 4.69) is 12.3 Å². The molecule has 1 fully saturated rings. The Morgan fingerprint density at radius 1 is 1.08 bits per heavy atom. The van der Waals surface area contributed by atoms with Gasteiger partial charge in [-0.25, -0.2) is 0 Å². The smallest absolute Gasteiger partial charge is 0.0210 e. The van der Waals surface area contributed by atoms with Crippen LogP contribution in [0.3, 0.4) is 0 Å².